The maximum Gasteiger partial charge on any atom is 0.264 e. The van der Waals surface area contributed by atoms with E-state index in [0.717, 1.165) is 20.1 Å². The molecule has 37 heavy (non-hydrogen) atoms. The number of hydrogen-bond donors (Lipinski definition) is 1. The predicted molar refractivity (Wildman–Crippen MR) is 150 cm³/mol. The normalized spacial score (nSPS) is 12.2. The van der Waals surface area contributed by atoms with E-state index >= 15 is 0 Å². The molecule has 0 heterocycles. The molecule has 0 unspecified atom stereocenters. The van der Waals surface area contributed by atoms with Crippen molar-refractivity contribution in [3.8, 4) is 11.5 Å². The summed E-state index contributed by atoms with van der Waals surface area (Å²) in [5.41, 5.74) is 1.29. The fraction of sp³-hybridized carbons (Fsp3) is 0.321. The topological polar surface area (TPSA) is 84.9 Å². The molecular formula is C28H33BrN2O5S. The smallest absolute Gasteiger partial charge is 0.264 e. The van der Waals surface area contributed by atoms with Crippen molar-refractivity contribution in [1.29, 1.82) is 0 Å². The molecule has 7 nitrogen and oxygen atoms in total. The van der Waals surface area contributed by atoms with Crippen LogP contribution in [0, 0.1) is 5.92 Å². The molecule has 0 fully saturated rings. The van der Waals surface area contributed by atoms with E-state index in [1.165, 1.54) is 12.1 Å². The minimum atomic E-state index is -4.03. The van der Waals surface area contributed by atoms with Crippen LogP contribution < -0.4 is 19.1 Å². The fourth-order valence-electron chi connectivity index (χ4n) is 3.88. The second-order valence-corrected chi connectivity index (χ2v) is 11.7. The maximum atomic E-state index is 13.7. The number of anilines is 1. The van der Waals surface area contributed by atoms with Crippen LogP contribution in [0.15, 0.2) is 82.2 Å². The molecule has 0 saturated carbocycles. The third kappa shape index (κ3) is 7.72. The monoisotopic (exact) mass is 588 g/mol. The van der Waals surface area contributed by atoms with Gasteiger partial charge >= 0.3 is 0 Å². The van der Waals surface area contributed by atoms with Crippen molar-refractivity contribution >= 4 is 37.5 Å². The molecule has 0 saturated heterocycles. The Balaban J connectivity index is 1.92. The maximum absolute atomic E-state index is 13.7. The zero-order valence-electron chi connectivity index (χ0n) is 21.5. The second kappa shape index (κ2) is 13.0. The number of nitrogens with zero attached hydrogens (tertiary/aromatic N) is 1. The van der Waals surface area contributed by atoms with Crippen molar-refractivity contribution in [2.24, 2.45) is 5.92 Å². The zero-order valence-corrected chi connectivity index (χ0v) is 23.9. The molecule has 3 aromatic carbocycles. The van der Waals surface area contributed by atoms with Crippen molar-refractivity contribution in [2.45, 2.75) is 38.1 Å². The first-order chi connectivity index (χ1) is 17.6. The van der Waals surface area contributed by atoms with E-state index in [1.54, 1.807) is 43.5 Å². The number of hydrogen-bond acceptors (Lipinski definition) is 5. The number of halogens is 1. The van der Waals surface area contributed by atoms with Gasteiger partial charge in [0, 0.05) is 4.47 Å². The lowest BCUT2D eigenvalue weighted by atomic mass is 9.97. The van der Waals surface area contributed by atoms with Gasteiger partial charge in [-0.2, -0.15) is 0 Å². The Morgan fingerprint density at radius 2 is 1.54 bits per heavy atom. The first kappa shape index (κ1) is 28.5. The van der Waals surface area contributed by atoms with Crippen LogP contribution in [0.3, 0.4) is 0 Å². The van der Waals surface area contributed by atoms with E-state index < -0.39 is 15.9 Å². The number of benzene rings is 3. The van der Waals surface area contributed by atoms with Crippen molar-refractivity contribution in [3.63, 3.8) is 0 Å². The molecule has 0 aromatic heterocycles. The van der Waals surface area contributed by atoms with Gasteiger partial charge in [-0.3, -0.25) is 9.10 Å². The van der Waals surface area contributed by atoms with Gasteiger partial charge in [0.2, 0.25) is 5.91 Å². The van der Waals surface area contributed by atoms with Crippen LogP contribution in [-0.2, 0) is 14.8 Å². The van der Waals surface area contributed by atoms with Gasteiger partial charge in [-0.05, 0) is 85.5 Å². The summed E-state index contributed by atoms with van der Waals surface area (Å²) in [6.07, 6.45) is 0.695. The Kier molecular flexibility index (Phi) is 10.00. The van der Waals surface area contributed by atoms with Crippen LogP contribution in [0.2, 0.25) is 0 Å². The lowest BCUT2D eigenvalue weighted by Crippen LogP contribution is -2.42. The van der Waals surface area contributed by atoms with Crippen LogP contribution in [0.5, 0.6) is 11.5 Å². The molecule has 0 aliphatic carbocycles. The van der Waals surface area contributed by atoms with E-state index in [1.807, 2.05) is 31.2 Å². The minimum absolute atomic E-state index is 0.0891. The van der Waals surface area contributed by atoms with Gasteiger partial charge in [0.1, 0.15) is 18.0 Å². The van der Waals surface area contributed by atoms with Crippen LogP contribution in [0.25, 0.3) is 0 Å². The standard InChI is InChI=1S/C28H33BrN2O5S/c1-5-36-25-14-10-23(11-15-25)31(37(33,34)26-16-8-22(29)9-17-26)19-28(32)30-27(18-20(2)3)21-6-12-24(35-4)13-7-21/h6-17,20,27H,5,18-19H2,1-4H3,(H,30,32)/t27-/m0/s1. The van der Waals surface area contributed by atoms with Crippen LogP contribution >= 0.6 is 15.9 Å². The number of sulfonamides is 1. The SMILES string of the molecule is CCOc1ccc(N(CC(=O)N[C@@H](CC(C)C)c2ccc(OC)cc2)S(=O)(=O)c2ccc(Br)cc2)cc1. The van der Waals surface area contributed by atoms with E-state index in [2.05, 4.69) is 35.1 Å². The van der Waals surface area contributed by atoms with Crippen molar-refractivity contribution < 1.29 is 22.7 Å². The number of carbonyl (C=O) groups is 1. The Morgan fingerprint density at radius 3 is 2.08 bits per heavy atom. The first-order valence-corrected chi connectivity index (χ1v) is 14.3. The largest absolute Gasteiger partial charge is 0.497 e. The highest BCUT2D eigenvalue weighted by atomic mass is 79.9. The molecule has 1 N–H and O–H groups in total. The van der Waals surface area contributed by atoms with E-state index in [0.29, 0.717) is 30.4 Å². The molecular weight excluding hydrogens is 556 g/mol. The van der Waals surface area contributed by atoms with Crippen LogP contribution in [-0.4, -0.2) is 34.6 Å². The lowest BCUT2D eigenvalue weighted by Gasteiger charge is -2.27. The first-order valence-electron chi connectivity index (χ1n) is 12.1. The van der Waals surface area contributed by atoms with Gasteiger partial charge in [-0.25, -0.2) is 8.42 Å². The average Bonchev–Trinajstić information content (AvgIpc) is 2.87. The summed E-state index contributed by atoms with van der Waals surface area (Å²) in [5.74, 6) is 1.24. The number of amides is 1. The molecule has 0 aliphatic rings. The summed E-state index contributed by atoms with van der Waals surface area (Å²) in [4.78, 5) is 13.4. The Hall–Kier alpha value is -3.04. The average molecular weight is 590 g/mol. The highest BCUT2D eigenvalue weighted by Gasteiger charge is 2.28. The van der Waals surface area contributed by atoms with Crippen molar-refractivity contribution in [1.82, 2.24) is 5.32 Å². The van der Waals surface area contributed by atoms with Gasteiger partial charge in [0.15, 0.2) is 0 Å². The van der Waals surface area contributed by atoms with Gasteiger partial charge in [0.05, 0.1) is 30.3 Å². The third-order valence-electron chi connectivity index (χ3n) is 5.69. The summed E-state index contributed by atoms with van der Waals surface area (Å²) < 4.78 is 40.0. The summed E-state index contributed by atoms with van der Waals surface area (Å²) in [6, 6.07) is 20.2. The minimum Gasteiger partial charge on any atom is -0.497 e. The molecule has 3 aromatic rings. The van der Waals surface area contributed by atoms with E-state index in [9.17, 15) is 13.2 Å². The Labute approximate surface area is 228 Å². The van der Waals surface area contributed by atoms with E-state index in [4.69, 9.17) is 9.47 Å². The summed E-state index contributed by atoms with van der Waals surface area (Å²) in [7, 11) is -2.43. The third-order valence-corrected chi connectivity index (χ3v) is 8.00. The fourth-order valence-corrected chi connectivity index (χ4v) is 5.57. The van der Waals surface area contributed by atoms with Gasteiger partial charge in [-0.1, -0.05) is 41.9 Å². The second-order valence-electron chi connectivity index (χ2n) is 8.92. The lowest BCUT2D eigenvalue weighted by molar-refractivity contribution is -0.120. The molecule has 0 spiro atoms. The number of nitrogens with one attached hydrogen (secondary N) is 1. The summed E-state index contributed by atoms with van der Waals surface area (Å²) >= 11 is 3.34. The zero-order chi connectivity index (χ0) is 27.0. The number of ether oxygens (including phenoxy) is 2. The van der Waals surface area contributed by atoms with Gasteiger partial charge < -0.3 is 14.8 Å². The highest BCUT2D eigenvalue weighted by Crippen LogP contribution is 2.28. The number of rotatable bonds is 12. The molecule has 1 atom stereocenters. The molecule has 3 rings (SSSR count). The molecule has 0 aliphatic heterocycles. The molecule has 0 bridgehead atoms. The van der Waals surface area contributed by atoms with Crippen LogP contribution in [0.4, 0.5) is 5.69 Å². The number of carbonyl (C=O) groups excluding carboxylic acids is 1. The Bertz CT molecular complexity index is 1260. The highest BCUT2D eigenvalue weighted by molar-refractivity contribution is 9.10. The molecule has 198 valence electrons. The predicted octanol–water partition coefficient (Wildman–Crippen LogP) is 5.96. The Morgan fingerprint density at radius 1 is 0.946 bits per heavy atom. The molecule has 1 amide bonds. The van der Waals surface area contributed by atoms with Crippen molar-refractivity contribution in [2.75, 3.05) is 24.6 Å². The van der Waals surface area contributed by atoms with Gasteiger partial charge in [-0.15, -0.1) is 0 Å². The number of methoxy groups -OCH3 is 1. The van der Waals surface area contributed by atoms with Gasteiger partial charge in [0.25, 0.3) is 10.0 Å². The van der Waals surface area contributed by atoms with Crippen LogP contribution in [0.1, 0.15) is 38.8 Å². The van der Waals surface area contributed by atoms with E-state index in [-0.39, 0.29) is 17.5 Å². The molecule has 0 radical (unpaired) electrons. The van der Waals surface area contributed by atoms with Crippen molar-refractivity contribution in [3.05, 3.63) is 82.8 Å². The quantitative estimate of drug-likeness (QED) is 0.282. The molecule has 9 heteroatoms. The summed E-state index contributed by atoms with van der Waals surface area (Å²) in [6.45, 7) is 6.14. The summed E-state index contributed by atoms with van der Waals surface area (Å²) in [5, 5.41) is 3.05.